The van der Waals surface area contributed by atoms with E-state index in [0.717, 1.165) is 73.0 Å². The Morgan fingerprint density at radius 3 is 0.909 bits per heavy atom. The number of anilines is 6. The Kier molecular flexibility index (Phi) is 11.4. The van der Waals surface area contributed by atoms with Crippen molar-refractivity contribution in [2.24, 2.45) is 5.41 Å². The number of aromatic nitrogens is 2. The first-order valence-corrected chi connectivity index (χ1v) is 30.6. The van der Waals surface area contributed by atoms with Gasteiger partial charge in [0.25, 0.3) is 6.71 Å². The summed E-state index contributed by atoms with van der Waals surface area (Å²) >= 11 is 0. The molecule has 416 valence electrons. The monoisotopic (exact) mass is 1130 g/mol. The number of benzene rings is 13. The van der Waals surface area contributed by atoms with Crippen LogP contribution in [0.15, 0.2) is 303 Å². The van der Waals surface area contributed by atoms with Gasteiger partial charge in [0, 0.05) is 69.8 Å². The van der Waals surface area contributed by atoms with E-state index >= 15 is 0 Å². The first kappa shape index (κ1) is 49.4. The Balaban J connectivity index is 0.929. The van der Waals surface area contributed by atoms with Gasteiger partial charge in [0.05, 0.1) is 22.1 Å². The van der Waals surface area contributed by atoms with Gasteiger partial charge >= 0.3 is 0 Å². The van der Waals surface area contributed by atoms with E-state index in [1.54, 1.807) is 0 Å². The van der Waals surface area contributed by atoms with Crippen LogP contribution in [-0.4, -0.2) is 15.8 Å². The highest BCUT2D eigenvalue weighted by molar-refractivity contribution is 7.00. The highest BCUT2D eigenvalue weighted by atomic mass is 15.2. The zero-order chi connectivity index (χ0) is 60.4. The molecule has 2 aliphatic rings. The van der Waals surface area contributed by atoms with Gasteiger partial charge in [0.2, 0.25) is 0 Å². The maximum Gasteiger partial charge on any atom is 0.252 e. The van der Waals surface area contributed by atoms with Crippen molar-refractivity contribution in [1.29, 1.82) is 0 Å². The molecule has 0 unspecified atom stereocenters. The van der Waals surface area contributed by atoms with Crippen molar-refractivity contribution < 1.29 is 2.74 Å². The smallest absolute Gasteiger partial charge is 0.252 e. The van der Waals surface area contributed by atoms with Crippen LogP contribution < -0.4 is 26.2 Å². The van der Waals surface area contributed by atoms with Crippen molar-refractivity contribution in [2.75, 3.05) is 9.80 Å². The second-order valence-electron chi connectivity index (χ2n) is 24.6. The number of para-hydroxylation sites is 2. The minimum absolute atomic E-state index is 0.238. The molecule has 0 amide bonds. The molecule has 0 fully saturated rings. The molecule has 13 aromatic carbocycles. The first-order valence-electron chi connectivity index (χ1n) is 31.6. The van der Waals surface area contributed by atoms with Gasteiger partial charge < -0.3 is 18.9 Å². The predicted molar refractivity (Wildman–Crippen MR) is 374 cm³/mol. The highest BCUT2D eigenvalue weighted by Gasteiger charge is 2.44. The molecule has 4 nitrogen and oxygen atoms in total. The quantitative estimate of drug-likeness (QED) is 0.134. The third-order valence-corrected chi connectivity index (χ3v) is 18.1. The maximum atomic E-state index is 10.2. The van der Waals surface area contributed by atoms with Crippen LogP contribution in [0.5, 0.6) is 0 Å². The summed E-state index contributed by atoms with van der Waals surface area (Å²) in [5, 5.41) is 4.72. The van der Waals surface area contributed by atoms with Crippen LogP contribution in [0.25, 0.3) is 99.5 Å². The largest absolute Gasteiger partial charge is 0.311 e. The van der Waals surface area contributed by atoms with Crippen LogP contribution in [0.3, 0.4) is 0 Å². The topological polar surface area (TPSA) is 16.3 Å². The van der Waals surface area contributed by atoms with Crippen molar-refractivity contribution in [1.82, 2.24) is 9.13 Å². The van der Waals surface area contributed by atoms with Crippen LogP contribution in [0.2, 0.25) is 0 Å². The number of fused-ring (bicyclic) bond motifs is 10. The lowest BCUT2D eigenvalue weighted by Crippen LogP contribution is -2.61. The zero-order valence-electron chi connectivity index (χ0n) is 51.2. The first-order chi connectivity index (χ1) is 44.0. The summed E-state index contributed by atoms with van der Waals surface area (Å²) in [6, 6.07) is 110. The Morgan fingerprint density at radius 2 is 0.602 bits per heavy atom. The minimum atomic E-state index is -1.75. The van der Waals surface area contributed by atoms with E-state index in [-0.39, 0.29) is 6.71 Å². The molecule has 0 N–H and O–H groups in total. The van der Waals surface area contributed by atoms with Crippen molar-refractivity contribution in [3.8, 4) is 55.9 Å². The Hall–Kier alpha value is -10.9. The van der Waals surface area contributed by atoms with Gasteiger partial charge in [-0.15, -0.1) is 0 Å². The molecule has 17 rings (SSSR count). The fraction of sp³-hybridized carbons (Fsp3) is 0.0602. The second-order valence-corrected chi connectivity index (χ2v) is 24.6. The normalized spacial score (nSPS) is 13.2. The third-order valence-electron chi connectivity index (χ3n) is 18.1. The van der Waals surface area contributed by atoms with Gasteiger partial charge in [0.1, 0.15) is 0 Å². The summed E-state index contributed by atoms with van der Waals surface area (Å²) in [6.45, 7) is 5.81. The van der Waals surface area contributed by atoms with Crippen molar-refractivity contribution in [3.05, 3.63) is 309 Å². The van der Waals surface area contributed by atoms with Gasteiger partial charge in [-0.3, -0.25) is 0 Å². The molecule has 0 atom stereocenters. The Morgan fingerprint density at radius 1 is 0.295 bits per heavy atom. The summed E-state index contributed by atoms with van der Waals surface area (Å²) in [5.74, 6) is 0. The van der Waals surface area contributed by atoms with E-state index in [1.807, 2.05) is 20.8 Å². The molecule has 0 spiro atoms. The predicted octanol–water partition coefficient (Wildman–Crippen LogP) is 20.2. The van der Waals surface area contributed by atoms with Crippen molar-refractivity contribution >= 4 is 101 Å². The van der Waals surface area contributed by atoms with Gasteiger partial charge in [-0.1, -0.05) is 215 Å². The van der Waals surface area contributed by atoms with Gasteiger partial charge in [-0.25, -0.2) is 0 Å². The average molecular weight is 1130 g/mol. The maximum absolute atomic E-state index is 10.2. The van der Waals surface area contributed by atoms with Gasteiger partial charge in [-0.2, -0.15) is 0 Å². The molecule has 0 bridgehead atoms. The third kappa shape index (κ3) is 8.52. The lowest BCUT2D eigenvalue weighted by molar-refractivity contribution is 0.411. The highest BCUT2D eigenvalue weighted by Crippen LogP contribution is 2.48. The molecular weight excluding hydrogens is 1060 g/mol. The molecule has 2 aliphatic heterocycles. The van der Waals surface area contributed by atoms with Crippen LogP contribution in [-0.2, 0) is 6.37 Å². The minimum Gasteiger partial charge on any atom is -0.311 e. The lowest BCUT2D eigenvalue weighted by Gasteiger charge is -2.45. The number of hydrogen-bond donors (Lipinski definition) is 0. The number of rotatable bonds is 9. The van der Waals surface area contributed by atoms with E-state index in [1.165, 1.54) is 77.0 Å². The molecule has 5 heteroatoms. The molecule has 2 aromatic heterocycles. The number of nitrogens with zero attached hydrogens (tertiary/aromatic N) is 4. The Bertz CT molecular complexity index is 4800. The fourth-order valence-corrected chi connectivity index (χ4v) is 14.3. The summed E-state index contributed by atoms with van der Waals surface area (Å²) in [6.07, 6.45) is -1.75. The molecule has 0 aliphatic carbocycles. The second kappa shape index (κ2) is 20.4. The molecule has 88 heavy (non-hydrogen) atoms. The lowest BCUT2D eigenvalue weighted by atomic mass is 9.33. The zero-order valence-corrected chi connectivity index (χ0v) is 49.2. The molecule has 0 radical (unpaired) electrons. The molecular formula is C83H61BN4. The van der Waals surface area contributed by atoms with Crippen molar-refractivity contribution in [2.45, 2.75) is 27.1 Å². The SMILES string of the molecule is [2H]C([2H])(c1cc2c3c(c1)N(c1ccccc1)c1cc(-n4c5ccc(-c6ccccc6)cc5c5cc(-c6ccccc6)ccc54)ccc1B3c1ccc(-n3c4ccc(-c5ccccc5)cc4c4cc(-c5ccccc5)ccc43)cc1N2c1ccccc1)C(C)(C)C. The van der Waals surface area contributed by atoms with E-state index in [4.69, 9.17) is 0 Å². The van der Waals surface area contributed by atoms with Crippen LogP contribution in [0, 0.1) is 5.41 Å². The van der Waals surface area contributed by atoms with E-state index < -0.39 is 11.8 Å². The van der Waals surface area contributed by atoms with Crippen molar-refractivity contribution in [3.63, 3.8) is 0 Å². The molecule has 15 aromatic rings. The Labute approximate surface area is 517 Å². The summed E-state index contributed by atoms with van der Waals surface area (Å²) in [5.41, 5.74) is 25.3. The standard InChI is InChI=1S/C83H61BN4/c1-83(2,3)54-55-46-80-82-81(47-55)86(65-32-20-9-21-33-65)79-53-67(88-76-44-36-62(58-26-14-6-15-27-58)50-70(76)71-51-63(37-45-77(71)88)59-28-16-7-17-29-59)39-41-73(79)84(82)72-40-38-66(52-78(72)85(80)64-30-18-8-19-31-64)87-74-42-34-60(56-22-10-4-11-23-56)48-68(74)69-49-61(35-43-75(69)87)57-24-12-5-13-25-57/h4-53H,54H2,1-3H3/i54D2. The van der Waals surface area contributed by atoms with E-state index in [0.29, 0.717) is 5.56 Å². The molecule has 0 saturated heterocycles. The van der Waals surface area contributed by atoms with Gasteiger partial charge in [-0.05, 0) is 187 Å². The van der Waals surface area contributed by atoms with Crippen LogP contribution >= 0.6 is 0 Å². The van der Waals surface area contributed by atoms with Crippen LogP contribution in [0.1, 0.15) is 29.1 Å². The molecule has 4 heterocycles. The number of hydrogen-bond acceptors (Lipinski definition) is 2. The van der Waals surface area contributed by atoms with E-state index in [2.05, 4.69) is 322 Å². The van der Waals surface area contributed by atoms with Crippen LogP contribution in [0.4, 0.5) is 34.1 Å². The molecule has 0 saturated carbocycles. The summed E-state index contributed by atoms with van der Waals surface area (Å²) < 4.78 is 25.2. The fourth-order valence-electron chi connectivity index (χ4n) is 14.3. The summed E-state index contributed by atoms with van der Waals surface area (Å²) in [4.78, 5) is 4.83. The van der Waals surface area contributed by atoms with Gasteiger partial charge in [0.15, 0.2) is 0 Å². The summed E-state index contributed by atoms with van der Waals surface area (Å²) in [7, 11) is 0. The van der Waals surface area contributed by atoms with E-state index in [9.17, 15) is 2.74 Å². The average Bonchev–Trinajstić information content (AvgIpc) is 0.765.